The molecule has 1 radical (unpaired) electrons. The van der Waals surface area contributed by atoms with Crippen molar-refractivity contribution in [3.63, 3.8) is 0 Å². The summed E-state index contributed by atoms with van der Waals surface area (Å²) in [6, 6.07) is 14.6. The van der Waals surface area contributed by atoms with Crippen LogP contribution in [0, 0.1) is 11.9 Å². The molecule has 27 heavy (non-hydrogen) atoms. The normalized spacial score (nSPS) is 11.3. The number of benzene rings is 2. The summed E-state index contributed by atoms with van der Waals surface area (Å²) in [5.74, 6) is -0.736. The van der Waals surface area contributed by atoms with E-state index in [9.17, 15) is 22.4 Å². The lowest BCUT2D eigenvalue weighted by atomic mass is 10.1. The number of hydrogen-bond acceptors (Lipinski definition) is 2. The number of nitrogens with zero attached hydrogens (tertiary/aromatic N) is 1. The molecular weight excluding hydrogens is 360 g/mol. The highest BCUT2D eigenvalue weighted by molar-refractivity contribution is 5.91. The van der Waals surface area contributed by atoms with Crippen molar-refractivity contribution < 1.29 is 22.4 Å². The fourth-order valence-electron chi connectivity index (χ4n) is 2.49. The molecule has 0 saturated heterocycles. The van der Waals surface area contributed by atoms with E-state index in [-0.39, 0.29) is 17.8 Å². The molecular formula is C20H13F4N2O. The fraction of sp³-hybridized carbons (Fsp3) is 0.100. The number of alkyl halides is 3. The Hall–Kier alpha value is -3.22. The van der Waals surface area contributed by atoms with E-state index < -0.39 is 23.5 Å². The Kier molecular flexibility index (Phi) is 5.21. The van der Waals surface area contributed by atoms with E-state index in [4.69, 9.17) is 0 Å². The number of aromatic nitrogens is 1. The Bertz CT molecular complexity index is 953. The molecule has 0 fully saturated rings. The number of hydrogen-bond donors (Lipinski definition) is 1. The van der Waals surface area contributed by atoms with Gasteiger partial charge in [-0.15, -0.1) is 0 Å². The minimum atomic E-state index is -4.46. The molecule has 1 aromatic heterocycles. The van der Waals surface area contributed by atoms with Crippen molar-refractivity contribution in [3.05, 3.63) is 83.8 Å². The van der Waals surface area contributed by atoms with E-state index in [0.29, 0.717) is 11.1 Å². The molecule has 2 aromatic carbocycles. The third-order valence-electron chi connectivity index (χ3n) is 3.75. The molecule has 0 saturated carbocycles. The van der Waals surface area contributed by atoms with Crippen molar-refractivity contribution in [2.75, 3.05) is 5.32 Å². The maximum atomic E-state index is 13.2. The van der Waals surface area contributed by atoms with Gasteiger partial charge in [-0.05, 0) is 35.4 Å². The monoisotopic (exact) mass is 373 g/mol. The largest absolute Gasteiger partial charge is 0.416 e. The molecule has 3 aromatic rings. The summed E-state index contributed by atoms with van der Waals surface area (Å²) >= 11 is 0. The van der Waals surface area contributed by atoms with Crippen LogP contribution in [-0.4, -0.2) is 10.9 Å². The lowest BCUT2D eigenvalue weighted by Gasteiger charge is -2.09. The van der Waals surface area contributed by atoms with E-state index in [1.807, 2.05) is 0 Å². The lowest BCUT2D eigenvalue weighted by Crippen LogP contribution is -2.16. The average molecular weight is 373 g/mol. The maximum absolute atomic E-state index is 13.2. The smallest absolute Gasteiger partial charge is 0.310 e. The predicted octanol–water partition coefficient (Wildman–Crippen LogP) is 4.89. The summed E-state index contributed by atoms with van der Waals surface area (Å²) in [5.41, 5.74) is 0.706. The first-order valence-corrected chi connectivity index (χ1v) is 7.91. The molecule has 0 aliphatic carbocycles. The van der Waals surface area contributed by atoms with Crippen LogP contribution in [0.3, 0.4) is 0 Å². The van der Waals surface area contributed by atoms with Gasteiger partial charge in [0, 0.05) is 17.8 Å². The molecule has 3 rings (SSSR count). The molecule has 1 amide bonds. The van der Waals surface area contributed by atoms with Gasteiger partial charge in [-0.3, -0.25) is 4.79 Å². The van der Waals surface area contributed by atoms with Gasteiger partial charge in [0.15, 0.2) is 0 Å². The van der Waals surface area contributed by atoms with Crippen LogP contribution >= 0.6 is 0 Å². The number of anilines is 1. The van der Waals surface area contributed by atoms with Gasteiger partial charge in [0.05, 0.1) is 12.0 Å². The van der Waals surface area contributed by atoms with Crippen molar-refractivity contribution in [2.45, 2.75) is 12.6 Å². The lowest BCUT2D eigenvalue weighted by molar-refractivity contribution is -0.137. The summed E-state index contributed by atoms with van der Waals surface area (Å²) in [7, 11) is 0. The van der Waals surface area contributed by atoms with E-state index in [1.165, 1.54) is 36.5 Å². The predicted molar refractivity (Wildman–Crippen MR) is 92.2 cm³/mol. The molecule has 0 aliphatic rings. The van der Waals surface area contributed by atoms with Gasteiger partial charge >= 0.3 is 6.18 Å². The van der Waals surface area contributed by atoms with Crippen LogP contribution in [-0.2, 0) is 17.4 Å². The number of pyridine rings is 1. The first-order valence-electron chi connectivity index (χ1n) is 7.91. The van der Waals surface area contributed by atoms with Crippen LogP contribution in [0.5, 0.6) is 0 Å². The average Bonchev–Trinajstić information content (AvgIpc) is 2.62. The Labute approximate surface area is 152 Å². The quantitative estimate of drug-likeness (QED) is 0.662. The summed E-state index contributed by atoms with van der Waals surface area (Å²) in [4.78, 5) is 16.1. The van der Waals surface area contributed by atoms with Crippen LogP contribution in [0.1, 0.15) is 11.1 Å². The third kappa shape index (κ3) is 4.91. The van der Waals surface area contributed by atoms with Crippen LogP contribution in [0.4, 0.5) is 23.4 Å². The topological polar surface area (TPSA) is 42.0 Å². The Morgan fingerprint density at radius 1 is 1.07 bits per heavy atom. The van der Waals surface area contributed by atoms with Crippen molar-refractivity contribution >= 4 is 11.7 Å². The number of nitrogens with one attached hydrogen (secondary N) is 1. The van der Waals surface area contributed by atoms with Gasteiger partial charge in [0.1, 0.15) is 11.6 Å². The molecule has 1 N–H and O–H groups in total. The van der Waals surface area contributed by atoms with Crippen molar-refractivity contribution in [1.29, 1.82) is 0 Å². The van der Waals surface area contributed by atoms with Gasteiger partial charge in [-0.25, -0.2) is 9.37 Å². The van der Waals surface area contributed by atoms with E-state index >= 15 is 0 Å². The van der Waals surface area contributed by atoms with Crippen LogP contribution < -0.4 is 5.32 Å². The number of carbonyl (C=O) groups is 1. The van der Waals surface area contributed by atoms with Gasteiger partial charge in [-0.2, -0.15) is 13.2 Å². The maximum Gasteiger partial charge on any atom is 0.416 e. The molecule has 0 unspecified atom stereocenters. The second-order valence-electron chi connectivity index (χ2n) is 5.78. The Balaban J connectivity index is 1.66. The minimum Gasteiger partial charge on any atom is -0.310 e. The van der Waals surface area contributed by atoms with Gasteiger partial charge < -0.3 is 5.32 Å². The molecule has 7 heteroatoms. The molecule has 0 spiro atoms. The Morgan fingerprint density at radius 3 is 2.56 bits per heavy atom. The number of carbonyl (C=O) groups excluding carboxylic acids is 1. The molecule has 0 bridgehead atoms. The molecule has 1 heterocycles. The SMILES string of the molecule is O=C(Cc1cccc(C(F)(F)F)c1)Nc1ccc(-c2cc[c]c(F)c2)cn1. The van der Waals surface area contributed by atoms with Gasteiger partial charge in [0.25, 0.3) is 0 Å². The van der Waals surface area contributed by atoms with Crippen LogP contribution in [0.2, 0.25) is 0 Å². The summed E-state index contributed by atoms with van der Waals surface area (Å²) in [6.45, 7) is 0. The zero-order valence-corrected chi connectivity index (χ0v) is 13.8. The third-order valence-corrected chi connectivity index (χ3v) is 3.75. The highest BCUT2D eigenvalue weighted by Gasteiger charge is 2.30. The van der Waals surface area contributed by atoms with Crippen LogP contribution in [0.15, 0.2) is 60.8 Å². The summed E-state index contributed by atoms with van der Waals surface area (Å²) < 4.78 is 51.4. The molecule has 137 valence electrons. The van der Waals surface area contributed by atoms with Crippen molar-refractivity contribution in [3.8, 4) is 11.1 Å². The summed E-state index contributed by atoms with van der Waals surface area (Å²) in [5, 5.41) is 2.53. The highest BCUT2D eigenvalue weighted by Crippen LogP contribution is 2.29. The number of halogens is 4. The second kappa shape index (κ2) is 7.57. The first-order chi connectivity index (χ1) is 12.8. The van der Waals surface area contributed by atoms with E-state index in [2.05, 4.69) is 16.4 Å². The van der Waals surface area contributed by atoms with Crippen LogP contribution in [0.25, 0.3) is 11.1 Å². The van der Waals surface area contributed by atoms with Gasteiger partial charge in [0.2, 0.25) is 5.91 Å². The molecule has 0 atom stereocenters. The summed E-state index contributed by atoms with van der Waals surface area (Å²) in [6.07, 6.45) is -3.21. The zero-order valence-electron chi connectivity index (χ0n) is 13.8. The first kappa shape index (κ1) is 18.6. The fourth-order valence-corrected chi connectivity index (χ4v) is 2.49. The van der Waals surface area contributed by atoms with E-state index in [0.717, 1.165) is 12.1 Å². The van der Waals surface area contributed by atoms with Gasteiger partial charge in [-0.1, -0.05) is 30.3 Å². The molecule has 3 nitrogen and oxygen atoms in total. The Morgan fingerprint density at radius 2 is 1.89 bits per heavy atom. The highest BCUT2D eigenvalue weighted by atomic mass is 19.4. The van der Waals surface area contributed by atoms with Crippen molar-refractivity contribution in [2.24, 2.45) is 0 Å². The molecule has 0 aliphatic heterocycles. The van der Waals surface area contributed by atoms with E-state index in [1.54, 1.807) is 12.1 Å². The number of rotatable bonds is 4. The second-order valence-corrected chi connectivity index (χ2v) is 5.78. The zero-order chi connectivity index (χ0) is 19.4. The van der Waals surface area contributed by atoms with Crippen molar-refractivity contribution in [1.82, 2.24) is 4.98 Å². The number of amides is 1. The standard InChI is InChI=1S/C20H13F4N2O/c21-17-6-2-4-14(11-17)15-7-8-18(25-12-15)26-19(27)10-13-3-1-5-16(9-13)20(22,23)24/h1-5,7-9,11-12H,10H2,(H,25,26,27). The minimum absolute atomic E-state index is 0.215.